The van der Waals surface area contributed by atoms with Crippen LogP contribution in [0.4, 0.5) is 5.95 Å². The van der Waals surface area contributed by atoms with E-state index in [1.165, 1.54) is 12.8 Å². The van der Waals surface area contributed by atoms with Gasteiger partial charge in [-0.25, -0.2) is 9.97 Å². The fourth-order valence-corrected chi connectivity index (χ4v) is 3.39. The molecule has 3 heterocycles. The Kier molecular flexibility index (Phi) is 4.32. The molecule has 1 aromatic heterocycles. The van der Waals surface area contributed by atoms with E-state index in [2.05, 4.69) is 14.9 Å². The fourth-order valence-electron chi connectivity index (χ4n) is 3.39. The highest BCUT2D eigenvalue weighted by atomic mass is 16.5. The summed E-state index contributed by atoms with van der Waals surface area (Å²) in [6, 6.07) is 3.70. The molecule has 2 aliphatic heterocycles. The number of hydrogen-bond donors (Lipinski definition) is 0. The zero-order valence-corrected chi connectivity index (χ0v) is 15.0. The lowest BCUT2D eigenvalue weighted by Crippen LogP contribution is -2.20. The zero-order chi connectivity index (χ0) is 18.1. The van der Waals surface area contributed by atoms with Gasteiger partial charge >= 0.3 is 0 Å². The number of methoxy groups -OCH3 is 1. The normalized spacial score (nSPS) is 18.0. The number of aromatic nitrogens is 2. The van der Waals surface area contributed by atoms with Crippen LogP contribution < -0.4 is 14.4 Å². The first-order valence-corrected chi connectivity index (χ1v) is 8.79. The summed E-state index contributed by atoms with van der Waals surface area (Å²) in [5, 5.41) is 0. The molecular weight excluding hydrogens is 330 g/mol. The molecule has 1 fully saturated rings. The third kappa shape index (κ3) is 3.03. The predicted octanol–water partition coefficient (Wildman–Crippen LogP) is 3.05. The van der Waals surface area contributed by atoms with Gasteiger partial charge in [-0.2, -0.15) is 0 Å². The van der Waals surface area contributed by atoms with E-state index in [1.807, 2.05) is 19.1 Å². The van der Waals surface area contributed by atoms with Gasteiger partial charge < -0.3 is 14.4 Å². The van der Waals surface area contributed by atoms with Crippen LogP contribution in [0.3, 0.4) is 0 Å². The van der Waals surface area contributed by atoms with Crippen molar-refractivity contribution in [2.45, 2.75) is 19.8 Å². The minimum absolute atomic E-state index is 0.0446. The average Bonchev–Trinajstić information content (AvgIpc) is 3.19. The van der Waals surface area contributed by atoms with Gasteiger partial charge in [0.1, 0.15) is 6.61 Å². The summed E-state index contributed by atoms with van der Waals surface area (Å²) in [6.45, 7) is 4.15. The van der Waals surface area contributed by atoms with Crippen LogP contribution in [0.1, 0.15) is 34.3 Å². The number of anilines is 1. The van der Waals surface area contributed by atoms with Crippen LogP contribution in [0.15, 0.2) is 30.1 Å². The molecule has 26 heavy (non-hydrogen) atoms. The molecule has 1 saturated heterocycles. The summed E-state index contributed by atoms with van der Waals surface area (Å²) < 4.78 is 11.1. The minimum Gasteiger partial charge on any atom is -0.493 e. The number of rotatable bonds is 3. The Morgan fingerprint density at radius 2 is 1.92 bits per heavy atom. The van der Waals surface area contributed by atoms with Crippen LogP contribution in [0, 0.1) is 6.92 Å². The van der Waals surface area contributed by atoms with Crippen LogP contribution in [0.2, 0.25) is 0 Å². The number of Topliss-reactive ketones (excluding diaryl/α,β-unsaturated/α-hetero) is 1. The quantitative estimate of drug-likeness (QED) is 0.792. The molecule has 0 aliphatic carbocycles. The SMILES string of the molecule is COc1cc(C)cc2c1OC/C(=C/c1cnc(N3CCCC3)nc1)C2=O. The van der Waals surface area contributed by atoms with Gasteiger partial charge in [-0.1, -0.05) is 0 Å². The average molecular weight is 351 g/mol. The first kappa shape index (κ1) is 16.6. The van der Waals surface area contributed by atoms with Gasteiger partial charge in [-0.05, 0) is 43.5 Å². The summed E-state index contributed by atoms with van der Waals surface area (Å²) in [4.78, 5) is 23.9. The Morgan fingerprint density at radius 1 is 1.19 bits per heavy atom. The highest BCUT2D eigenvalue weighted by Gasteiger charge is 2.27. The van der Waals surface area contributed by atoms with Crippen molar-refractivity contribution in [2.75, 3.05) is 31.7 Å². The maximum Gasteiger partial charge on any atom is 0.225 e. The second kappa shape index (κ2) is 6.78. The van der Waals surface area contributed by atoms with E-state index in [1.54, 1.807) is 25.6 Å². The summed E-state index contributed by atoms with van der Waals surface area (Å²) >= 11 is 0. The summed E-state index contributed by atoms with van der Waals surface area (Å²) in [7, 11) is 1.58. The van der Waals surface area contributed by atoms with Gasteiger partial charge in [0.15, 0.2) is 17.3 Å². The van der Waals surface area contributed by atoms with Gasteiger partial charge in [0, 0.05) is 36.6 Å². The number of aryl methyl sites for hydroxylation is 1. The molecule has 134 valence electrons. The Hall–Kier alpha value is -2.89. The molecule has 0 radical (unpaired) electrons. The van der Waals surface area contributed by atoms with Crippen LogP contribution in [-0.4, -0.2) is 42.6 Å². The van der Waals surface area contributed by atoms with Crippen molar-refractivity contribution in [3.05, 3.63) is 46.8 Å². The number of carbonyl (C=O) groups excluding carboxylic acids is 1. The molecule has 2 aromatic rings. The Bertz CT molecular complexity index is 869. The van der Waals surface area contributed by atoms with Gasteiger partial charge in [0.25, 0.3) is 0 Å². The Labute approximate surface area is 152 Å². The van der Waals surface area contributed by atoms with Crippen LogP contribution in [-0.2, 0) is 0 Å². The van der Waals surface area contributed by atoms with Crippen molar-refractivity contribution >= 4 is 17.8 Å². The highest BCUT2D eigenvalue weighted by molar-refractivity contribution is 6.14. The molecule has 0 amide bonds. The summed E-state index contributed by atoms with van der Waals surface area (Å²) in [5.74, 6) is 1.81. The molecule has 2 aliphatic rings. The maximum absolute atomic E-state index is 12.9. The van der Waals surface area contributed by atoms with E-state index >= 15 is 0 Å². The van der Waals surface area contributed by atoms with E-state index in [0.717, 1.165) is 30.2 Å². The number of hydrogen-bond acceptors (Lipinski definition) is 6. The molecule has 0 bridgehead atoms. The van der Waals surface area contributed by atoms with Crippen molar-refractivity contribution in [1.82, 2.24) is 9.97 Å². The fraction of sp³-hybridized carbons (Fsp3) is 0.350. The third-order valence-corrected chi connectivity index (χ3v) is 4.72. The third-order valence-electron chi connectivity index (χ3n) is 4.72. The van der Waals surface area contributed by atoms with Gasteiger partial charge in [-0.3, -0.25) is 4.79 Å². The van der Waals surface area contributed by atoms with Gasteiger partial charge in [0.05, 0.1) is 12.7 Å². The highest BCUT2D eigenvalue weighted by Crippen LogP contribution is 2.37. The van der Waals surface area contributed by atoms with E-state index in [4.69, 9.17) is 9.47 Å². The Morgan fingerprint density at radius 3 is 2.62 bits per heavy atom. The molecule has 6 heteroatoms. The van der Waals surface area contributed by atoms with Crippen molar-refractivity contribution in [3.63, 3.8) is 0 Å². The monoisotopic (exact) mass is 351 g/mol. The van der Waals surface area contributed by atoms with Crippen molar-refractivity contribution in [1.29, 1.82) is 0 Å². The first-order chi connectivity index (χ1) is 12.7. The predicted molar refractivity (Wildman–Crippen MR) is 99.0 cm³/mol. The lowest BCUT2D eigenvalue weighted by Gasteiger charge is -2.21. The Balaban J connectivity index is 1.60. The van der Waals surface area contributed by atoms with Crippen molar-refractivity contribution in [3.8, 4) is 11.5 Å². The van der Waals surface area contributed by atoms with E-state index in [-0.39, 0.29) is 12.4 Å². The second-order valence-corrected chi connectivity index (χ2v) is 6.64. The standard InChI is InChI=1S/C20H21N3O3/c1-13-7-16-18(24)15(12-26-19(16)17(8-13)25-2)9-14-10-21-20(22-11-14)23-5-3-4-6-23/h7-11H,3-6,12H2,1-2H3/b15-9-. The summed E-state index contributed by atoms with van der Waals surface area (Å²) in [6.07, 6.45) is 7.68. The van der Waals surface area contributed by atoms with Crippen molar-refractivity contribution in [2.24, 2.45) is 0 Å². The minimum atomic E-state index is -0.0446. The number of benzene rings is 1. The first-order valence-electron chi connectivity index (χ1n) is 8.79. The number of carbonyl (C=O) groups is 1. The molecular formula is C20H21N3O3. The van der Waals surface area contributed by atoms with Crippen LogP contribution in [0.25, 0.3) is 6.08 Å². The molecule has 0 atom stereocenters. The van der Waals surface area contributed by atoms with Gasteiger partial charge in [0.2, 0.25) is 5.95 Å². The van der Waals surface area contributed by atoms with Gasteiger partial charge in [-0.15, -0.1) is 0 Å². The number of fused-ring (bicyclic) bond motifs is 1. The summed E-state index contributed by atoms with van der Waals surface area (Å²) in [5.41, 5.74) is 2.87. The lowest BCUT2D eigenvalue weighted by atomic mass is 9.97. The smallest absolute Gasteiger partial charge is 0.225 e. The molecule has 4 rings (SSSR count). The van der Waals surface area contributed by atoms with E-state index in [0.29, 0.717) is 22.6 Å². The molecule has 0 saturated carbocycles. The maximum atomic E-state index is 12.9. The number of nitrogens with zero attached hydrogens (tertiary/aromatic N) is 3. The molecule has 0 N–H and O–H groups in total. The topological polar surface area (TPSA) is 64.6 Å². The number of ketones is 1. The molecule has 6 nitrogen and oxygen atoms in total. The van der Waals surface area contributed by atoms with E-state index in [9.17, 15) is 4.79 Å². The van der Waals surface area contributed by atoms with Crippen LogP contribution in [0.5, 0.6) is 11.5 Å². The molecule has 0 unspecified atom stereocenters. The second-order valence-electron chi connectivity index (χ2n) is 6.64. The van der Waals surface area contributed by atoms with E-state index < -0.39 is 0 Å². The van der Waals surface area contributed by atoms with Crippen LogP contribution >= 0.6 is 0 Å². The lowest BCUT2D eigenvalue weighted by molar-refractivity contribution is 0.0998. The van der Waals surface area contributed by atoms with Crippen molar-refractivity contribution < 1.29 is 14.3 Å². The number of ether oxygens (including phenoxy) is 2. The molecule has 1 aromatic carbocycles. The molecule has 0 spiro atoms. The largest absolute Gasteiger partial charge is 0.493 e. The zero-order valence-electron chi connectivity index (χ0n) is 15.0.